The molecule has 2 aromatic carbocycles. The molecule has 0 saturated heterocycles. The Morgan fingerprint density at radius 2 is 1.93 bits per heavy atom. The first-order valence-electron chi connectivity index (χ1n) is 9.21. The van der Waals surface area contributed by atoms with Crippen LogP contribution in [0.15, 0.2) is 54.1 Å². The SMILES string of the molecule is CC1(C)CC=C(c2nccs2)c2cc(C(=O)c3cccc(C(=O)O)c3N)ccc21. The van der Waals surface area contributed by atoms with Crippen molar-refractivity contribution < 1.29 is 14.7 Å². The molecule has 0 spiro atoms. The number of nitrogens with two attached hydrogens (primary N) is 1. The third-order valence-corrected chi connectivity index (χ3v) is 6.17. The van der Waals surface area contributed by atoms with Gasteiger partial charge in [0.2, 0.25) is 0 Å². The minimum Gasteiger partial charge on any atom is -0.478 e. The zero-order valence-corrected chi connectivity index (χ0v) is 16.9. The van der Waals surface area contributed by atoms with Crippen LogP contribution >= 0.6 is 11.3 Å². The van der Waals surface area contributed by atoms with Crippen LogP contribution < -0.4 is 5.73 Å². The van der Waals surface area contributed by atoms with Gasteiger partial charge in [0.05, 0.1) is 11.3 Å². The summed E-state index contributed by atoms with van der Waals surface area (Å²) < 4.78 is 0. The number of carbonyl (C=O) groups excluding carboxylic acids is 1. The van der Waals surface area contributed by atoms with Gasteiger partial charge in [-0.15, -0.1) is 11.3 Å². The fraction of sp³-hybridized carbons (Fsp3) is 0.174. The van der Waals surface area contributed by atoms with E-state index in [2.05, 4.69) is 24.9 Å². The maximum atomic E-state index is 13.2. The van der Waals surface area contributed by atoms with Gasteiger partial charge in [-0.2, -0.15) is 0 Å². The monoisotopic (exact) mass is 404 g/mol. The van der Waals surface area contributed by atoms with Gasteiger partial charge in [0.1, 0.15) is 5.01 Å². The third kappa shape index (κ3) is 3.25. The molecule has 6 heteroatoms. The number of anilines is 1. The molecule has 0 saturated carbocycles. The van der Waals surface area contributed by atoms with Gasteiger partial charge in [0.15, 0.2) is 5.78 Å². The Hall–Kier alpha value is -3.25. The number of aromatic carboxylic acids is 1. The zero-order chi connectivity index (χ0) is 20.8. The van der Waals surface area contributed by atoms with Crippen LogP contribution in [-0.2, 0) is 5.41 Å². The lowest BCUT2D eigenvalue weighted by molar-refractivity contribution is 0.0698. The Labute approximate surface area is 172 Å². The Morgan fingerprint density at radius 3 is 2.62 bits per heavy atom. The van der Waals surface area contributed by atoms with E-state index in [0.717, 1.165) is 28.1 Å². The molecule has 0 fully saturated rings. The maximum Gasteiger partial charge on any atom is 0.337 e. The fourth-order valence-electron chi connectivity index (χ4n) is 3.74. The van der Waals surface area contributed by atoms with E-state index in [1.165, 1.54) is 12.1 Å². The summed E-state index contributed by atoms with van der Waals surface area (Å²) in [4.78, 5) is 29.0. The summed E-state index contributed by atoms with van der Waals surface area (Å²) >= 11 is 1.56. The molecular weight excluding hydrogens is 384 g/mol. The number of carboxylic acids is 1. The number of hydrogen-bond donors (Lipinski definition) is 2. The topological polar surface area (TPSA) is 93.3 Å². The van der Waals surface area contributed by atoms with Crippen LogP contribution in [0.25, 0.3) is 5.57 Å². The number of allylic oxidation sites excluding steroid dienone is 1. The lowest BCUT2D eigenvalue weighted by Gasteiger charge is -2.32. The first-order chi connectivity index (χ1) is 13.8. The Balaban J connectivity index is 1.83. The van der Waals surface area contributed by atoms with Crippen molar-refractivity contribution in [3.05, 3.63) is 86.9 Å². The second-order valence-electron chi connectivity index (χ2n) is 7.70. The number of fused-ring (bicyclic) bond motifs is 1. The highest BCUT2D eigenvalue weighted by Gasteiger charge is 2.30. The predicted molar refractivity (Wildman–Crippen MR) is 115 cm³/mol. The molecule has 3 N–H and O–H groups in total. The van der Waals surface area contributed by atoms with Crippen molar-refractivity contribution >= 4 is 34.3 Å². The van der Waals surface area contributed by atoms with Crippen LogP contribution in [0, 0.1) is 0 Å². The van der Waals surface area contributed by atoms with Gasteiger partial charge in [0.25, 0.3) is 0 Å². The molecule has 0 atom stereocenters. The minimum absolute atomic E-state index is 0.0151. The first-order valence-corrected chi connectivity index (χ1v) is 10.1. The Bertz CT molecular complexity index is 1160. The van der Waals surface area contributed by atoms with E-state index >= 15 is 0 Å². The summed E-state index contributed by atoms with van der Waals surface area (Å²) in [6, 6.07) is 10.1. The van der Waals surface area contributed by atoms with E-state index in [-0.39, 0.29) is 28.0 Å². The standard InChI is InChI=1S/C23H20N2O3S/c1-23(2)9-8-14(21-25-10-11-29-21)17-12-13(6-7-18(17)23)20(26)15-4-3-5-16(19(15)24)22(27)28/h3-8,10-12H,9,24H2,1-2H3,(H,27,28). The van der Waals surface area contributed by atoms with Crippen molar-refractivity contribution in [1.82, 2.24) is 4.98 Å². The van der Waals surface area contributed by atoms with E-state index in [0.29, 0.717) is 5.56 Å². The van der Waals surface area contributed by atoms with E-state index < -0.39 is 5.97 Å². The van der Waals surface area contributed by atoms with Crippen molar-refractivity contribution in [2.75, 3.05) is 5.73 Å². The van der Waals surface area contributed by atoms with Crippen molar-refractivity contribution in [2.45, 2.75) is 25.7 Å². The molecule has 0 aliphatic heterocycles. The fourth-order valence-corrected chi connectivity index (χ4v) is 4.43. The highest BCUT2D eigenvalue weighted by molar-refractivity contribution is 7.10. The molecule has 0 bridgehead atoms. The number of aromatic nitrogens is 1. The van der Waals surface area contributed by atoms with Crippen LogP contribution in [0.1, 0.15) is 62.7 Å². The molecule has 1 aliphatic rings. The van der Waals surface area contributed by atoms with Gasteiger partial charge in [-0.25, -0.2) is 9.78 Å². The largest absolute Gasteiger partial charge is 0.478 e. The first kappa shape index (κ1) is 19.1. The van der Waals surface area contributed by atoms with E-state index in [4.69, 9.17) is 5.73 Å². The van der Waals surface area contributed by atoms with Crippen molar-refractivity contribution in [1.29, 1.82) is 0 Å². The third-order valence-electron chi connectivity index (χ3n) is 5.36. The number of nitrogens with zero attached hydrogens (tertiary/aromatic N) is 1. The van der Waals surface area contributed by atoms with E-state index in [1.54, 1.807) is 29.7 Å². The van der Waals surface area contributed by atoms with E-state index in [9.17, 15) is 14.7 Å². The Morgan fingerprint density at radius 1 is 1.17 bits per heavy atom. The number of ketones is 1. The average molecular weight is 404 g/mol. The van der Waals surface area contributed by atoms with Crippen LogP contribution in [0.5, 0.6) is 0 Å². The smallest absolute Gasteiger partial charge is 0.337 e. The predicted octanol–water partition coefficient (Wildman–Crippen LogP) is 4.77. The van der Waals surface area contributed by atoms with Gasteiger partial charge in [-0.3, -0.25) is 4.79 Å². The summed E-state index contributed by atoms with van der Waals surface area (Å²) in [6.07, 6.45) is 4.83. The second kappa shape index (κ2) is 6.97. The minimum atomic E-state index is -1.15. The van der Waals surface area contributed by atoms with Crippen molar-refractivity contribution in [3.63, 3.8) is 0 Å². The highest BCUT2D eigenvalue weighted by atomic mass is 32.1. The molecule has 0 radical (unpaired) electrons. The second-order valence-corrected chi connectivity index (χ2v) is 8.60. The number of carbonyl (C=O) groups is 2. The molecule has 29 heavy (non-hydrogen) atoms. The number of thiazole rings is 1. The molecule has 5 nitrogen and oxygen atoms in total. The van der Waals surface area contributed by atoms with E-state index in [1.807, 2.05) is 17.5 Å². The van der Waals surface area contributed by atoms with Crippen molar-refractivity contribution in [3.8, 4) is 0 Å². The van der Waals surface area contributed by atoms with Crippen LogP contribution in [-0.4, -0.2) is 21.8 Å². The molecule has 1 aliphatic carbocycles. The molecule has 1 heterocycles. The number of carboxylic acid groups (broad SMARTS) is 1. The summed E-state index contributed by atoms with van der Waals surface area (Å²) in [5, 5.41) is 12.1. The molecular formula is C23H20N2O3S. The van der Waals surface area contributed by atoms with Crippen LogP contribution in [0.3, 0.4) is 0 Å². The highest BCUT2D eigenvalue weighted by Crippen LogP contribution is 2.42. The molecule has 146 valence electrons. The summed E-state index contributed by atoms with van der Waals surface area (Å²) in [6.45, 7) is 4.35. The molecule has 3 aromatic rings. The number of para-hydroxylation sites is 1. The molecule has 4 rings (SSSR count). The molecule has 1 aromatic heterocycles. The summed E-state index contributed by atoms with van der Waals surface area (Å²) in [5.41, 5.74) is 9.68. The quantitative estimate of drug-likeness (QED) is 0.483. The van der Waals surface area contributed by atoms with Gasteiger partial charge in [0, 0.05) is 28.3 Å². The number of hydrogen-bond acceptors (Lipinski definition) is 5. The molecule has 0 unspecified atom stereocenters. The summed E-state index contributed by atoms with van der Waals surface area (Å²) in [5.74, 6) is -1.45. The van der Waals surface area contributed by atoms with Crippen LogP contribution in [0.2, 0.25) is 0 Å². The van der Waals surface area contributed by atoms with Crippen molar-refractivity contribution in [2.24, 2.45) is 0 Å². The number of benzene rings is 2. The van der Waals surface area contributed by atoms with Gasteiger partial charge in [-0.05, 0) is 41.2 Å². The van der Waals surface area contributed by atoms with Gasteiger partial charge in [-0.1, -0.05) is 38.1 Å². The van der Waals surface area contributed by atoms with Gasteiger partial charge < -0.3 is 10.8 Å². The summed E-state index contributed by atoms with van der Waals surface area (Å²) in [7, 11) is 0. The zero-order valence-electron chi connectivity index (χ0n) is 16.1. The van der Waals surface area contributed by atoms with Gasteiger partial charge >= 0.3 is 5.97 Å². The number of nitrogen functional groups attached to an aromatic ring is 1. The maximum absolute atomic E-state index is 13.2. The molecule has 0 amide bonds. The lowest BCUT2D eigenvalue weighted by atomic mass is 9.73. The average Bonchev–Trinajstić information content (AvgIpc) is 3.21. The lowest BCUT2D eigenvalue weighted by Crippen LogP contribution is -2.22. The normalized spacial score (nSPS) is 14.8. The Kier molecular flexibility index (Phi) is 4.59. The van der Waals surface area contributed by atoms with Crippen LogP contribution in [0.4, 0.5) is 5.69 Å². The number of rotatable bonds is 4.